The van der Waals surface area contributed by atoms with Crippen LogP contribution < -0.4 is 0 Å². The molecule has 57 heavy (non-hydrogen) atoms. The molecule has 0 aliphatic rings. The predicted octanol–water partition coefficient (Wildman–Crippen LogP) is 14.3. The Labute approximate surface area is 329 Å². The molecular weight excluding hydrogens is 691 g/mol. The second-order valence-corrected chi connectivity index (χ2v) is 14.9. The summed E-state index contributed by atoms with van der Waals surface area (Å²) in [7, 11) is 0. The van der Waals surface area contributed by atoms with Crippen LogP contribution in [0.4, 0.5) is 0 Å². The van der Waals surface area contributed by atoms with Crippen LogP contribution in [-0.4, -0.2) is 13.7 Å². The molecule has 3 aromatic heterocycles. The Hall–Kier alpha value is -7.62. The van der Waals surface area contributed by atoms with Gasteiger partial charge in [-0.3, -0.25) is 0 Å². The van der Waals surface area contributed by atoms with E-state index in [-0.39, 0.29) is 0 Å². The second kappa shape index (κ2) is 12.5. The van der Waals surface area contributed by atoms with Crippen LogP contribution in [0.5, 0.6) is 0 Å². The van der Waals surface area contributed by atoms with E-state index < -0.39 is 0 Å². The fourth-order valence-electron chi connectivity index (χ4n) is 9.49. The lowest BCUT2D eigenvalue weighted by atomic mass is 9.97. The number of hydrogen-bond acceptors (Lipinski definition) is 0. The summed E-state index contributed by atoms with van der Waals surface area (Å²) in [4.78, 5) is 0. The van der Waals surface area contributed by atoms with E-state index in [4.69, 9.17) is 0 Å². The Morgan fingerprint density at radius 2 is 0.719 bits per heavy atom. The van der Waals surface area contributed by atoms with E-state index in [9.17, 15) is 0 Å². The molecule has 3 heterocycles. The number of benzene rings is 9. The minimum Gasteiger partial charge on any atom is -0.309 e. The van der Waals surface area contributed by atoms with E-state index in [0.29, 0.717) is 0 Å². The van der Waals surface area contributed by atoms with Crippen molar-refractivity contribution in [2.45, 2.75) is 0 Å². The van der Waals surface area contributed by atoms with Crippen molar-refractivity contribution in [1.29, 1.82) is 0 Å². The zero-order valence-corrected chi connectivity index (χ0v) is 31.0. The van der Waals surface area contributed by atoms with Crippen LogP contribution in [-0.2, 0) is 0 Å². The van der Waals surface area contributed by atoms with Crippen LogP contribution in [0, 0.1) is 0 Å². The standard InChI is InChI=1S/C54H35N3/c1-4-17-36(18-5-1)37-31-32-44-51(35-37)56(39-21-8-3-9-22-39)49-33-34-50-53(54(44)49)43-25-12-15-29-47(43)57(50)45-27-13-10-23-40(45)41-26-16-30-48-52(41)42-24-11-14-28-46(42)55(48)38-19-6-2-7-20-38/h1-35H. The number of nitrogens with zero attached hydrogens (tertiary/aromatic N) is 3. The average molecular weight is 726 g/mol. The second-order valence-electron chi connectivity index (χ2n) is 14.9. The lowest BCUT2D eigenvalue weighted by molar-refractivity contribution is 1.17. The van der Waals surface area contributed by atoms with Crippen molar-refractivity contribution in [2.75, 3.05) is 0 Å². The van der Waals surface area contributed by atoms with E-state index in [1.165, 1.54) is 87.7 Å². The highest BCUT2D eigenvalue weighted by Crippen LogP contribution is 2.46. The summed E-state index contributed by atoms with van der Waals surface area (Å²) in [5, 5.41) is 7.53. The van der Waals surface area contributed by atoms with Crippen LogP contribution in [0.2, 0.25) is 0 Å². The third kappa shape index (κ3) is 4.66. The predicted molar refractivity (Wildman–Crippen MR) is 240 cm³/mol. The molecule has 0 aliphatic heterocycles. The fraction of sp³-hybridized carbons (Fsp3) is 0. The molecule has 12 rings (SSSR count). The highest BCUT2D eigenvalue weighted by molar-refractivity contribution is 6.29. The van der Waals surface area contributed by atoms with E-state index in [2.05, 4.69) is 226 Å². The maximum Gasteiger partial charge on any atom is 0.0549 e. The van der Waals surface area contributed by atoms with Crippen molar-refractivity contribution in [3.05, 3.63) is 212 Å². The fourth-order valence-corrected chi connectivity index (χ4v) is 9.49. The van der Waals surface area contributed by atoms with Gasteiger partial charge in [-0.25, -0.2) is 0 Å². The minimum absolute atomic E-state index is 1.15. The van der Waals surface area contributed by atoms with Crippen LogP contribution >= 0.6 is 0 Å². The highest BCUT2D eigenvalue weighted by atomic mass is 15.0. The van der Waals surface area contributed by atoms with Crippen LogP contribution in [0.3, 0.4) is 0 Å². The lowest BCUT2D eigenvalue weighted by Crippen LogP contribution is -1.98. The van der Waals surface area contributed by atoms with Gasteiger partial charge in [0.2, 0.25) is 0 Å². The van der Waals surface area contributed by atoms with Crippen LogP contribution in [0.25, 0.3) is 105 Å². The number of aromatic nitrogens is 3. The molecule has 0 fully saturated rings. The van der Waals surface area contributed by atoms with Gasteiger partial charge in [0.25, 0.3) is 0 Å². The first-order chi connectivity index (χ1) is 28.3. The monoisotopic (exact) mass is 725 g/mol. The van der Waals surface area contributed by atoms with Gasteiger partial charge < -0.3 is 13.7 Å². The minimum atomic E-state index is 1.15. The Morgan fingerprint density at radius 1 is 0.246 bits per heavy atom. The largest absolute Gasteiger partial charge is 0.309 e. The highest BCUT2D eigenvalue weighted by Gasteiger charge is 2.23. The smallest absolute Gasteiger partial charge is 0.0549 e. The SMILES string of the molecule is c1ccc(-c2ccc3c4c5c6ccccc6n(-c6ccccc6-c6cccc7c6c6ccccc6n7-c6ccccc6)c5ccc4n(-c4ccccc4)c3c2)cc1. The zero-order chi connectivity index (χ0) is 37.5. The van der Waals surface area contributed by atoms with Crippen molar-refractivity contribution in [3.63, 3.8) is 0 Å². The summed E-state index contributed by atoms with van der Waals surface area (Å²) < 4.78 is 7.35. The van der Waals surface area contributed by atoms with Crippen molar-refractivity contribution < 1.29 is 0 Å². The van der Waals surface area contributed by atoms with E-state index in [0.717, 1.165) is 17.1 Å². The summed E-state index contributed by atoms with van der Waals surface area (Å²) in [6, 6.07) is 77.3. The van der Waals surface area contributed by atoms with Gasteiger partial charge in [-0.2, -0.15) is 0 Å². The Balaban J connectivity index is 1.17. The van der Waals surface area contributed by atoms with Gasteiger partial charge in [-0.05, 0) is 83.4 Å². The lowest BCUT2D eigenvalue weighted by Gasteiger charge is -2.15. The molecule has 0 unspecified atom stereocenters. The molecule has 3 nitrogen and oxygen atoms in total. The summed E-state index contributed by atoms with van der Waals surface area (Å²) in [5.41, 5.74) is 15.5. The summed E-state index contributed by atoms with van der Waals surface area (Å²) in [5.74, 6) is 0. The topological polar surface area (TPSA) is 14.8 Å². The first-order valence-corrected chi connectivity index (χ1v) is 19.6. The third-order valence-corrected chi connectivity index (χ3v) is 11.8. The first-order valence-electron chi connectivity index (χ1n) is 19.6. The summed E-state index contributed by atoms with van der Waals surface area (Å²) >= 11 is 0. The number of hydrogen-bond donors (Lipinski definition) is 0. The van der Waals surface area contributed by atoms with E-state index >= 15 is 0 Å². The Morgan fingerprint density at radius 3 is 1.42 bits per heavy atom. The van der Waals surface area contributed by atoms with Crippen molar-refractivity contribution in [2.24, 2.45) is 0 Å². The van der Waals surface area contributed by atoms with Gasteiger partial charge in [-0.1, -0.05) is 146 Å². The molecular formula is C54H35N3. The molecule has 0 aliphatic carbocycles. The number of fused-ring (bicyclic) bond motifs is 10. The first kappa shape index (κ1) is 31.7. The molecule has 0 spiro atoms. The molecule has 0 bridgehead atoms. The van der Waals surface area contributed by atoms with Crippen LogP contribution in [0.1, 0.15) is 0 Å². The average Bonchev–Trinajstić information content (AvgIpc) is 3.92. The third-order valence-electron chi connectivity index (χ3n) is 11.8. The number of rotatable bonds is 5. The van der Waals surface area contributed by atoms with E-state index in [1.54, 1.807) is 0 Å². The molecule has 3 heteroatoms. The van der Waals surface area contributed by atoms with Crippen LogP contribution in [0.15, 0.2) is 212 Å². The quantitative estimate of drug-likeness (QED) is 0.168. The van der Waals surface area contributed by atoms with Gasteiger partial charge in [0, 0.05) is 49.3 Å². The Bertz CT molecular complexity index is 3500. The molecule has 12 aromatic rings. The maximum absolute atomic E-state index is 2.50. The van der Waals surface area contributed by atoms with Gasteiger partial charge in [-0.15, -0.1) is 0 Å². The molecule has 0 amide bonds. The number of para-hydroxylation sites is 5. The molecule has 0 atom stereocenters. The molecule has 0 radical (unpaired) electrons. The molecule has 0 saturated carbocycles. The van der Waals surface area contributed by atoms with Gasteiger partial charge in [0.1, 0.15) is 0 Å². The molecule has 9 aromatic carbocycles. The normalized spacial score (nSPS) is 11.9. The van der Waals surface area contributed by atoms with Crippen molar-refractivity contribution in [3.8, 4) is 39.3 Å². The van der Waals surface area contributed by atoms with Gasteiger partial charge in [0.05, 0.1) is 38.8 Å². The van der Waals surface area contributed by atoms with Gasteiger partial charge >= 0.3 is 0 Å². The van der Waals surface area contributed by atoms with Crippen molar-refractivity contribution >= 4 is 65.4 Å². The maximum atomic E-state index is 2.50. The summed E-state index contributed by atoms with van der Waals surface area (Å²) in [6.07, 6.45) is 0. The van der Waals surface area contributed by atoms with Gasteiger partial charge in [0.15, 0.2) is 0 Å². The summed E-state index contributed by atoms with van der Waals surface area (Å²) in [6.45, 7) is 0. The van der Waals surface area contributed by atoms with E-state index in [1.807, 2.05) is 0 Å². The zero-order valence-electron chi connectivity index (χ0n) is 31.0. The Kier molecular flexibility index (Phi) is 6.93. The molecule has 266 valence electrons. The molecule has 0 saturated heterocycles. The molecule has 0 N–H and O–H groups in total. The van der Waals surface area contributed by atoms with Crippen molar-refractivity contribution in [1.82, 2.24) is 13.7 Å².